The van der Waals surface area contributed by atoms with E-state index in [2.05, 4.69) is 10.6 Å². The second-order valence-electron chi connectivity index (χ2n) is 8.99. The number of carbonyl (C=O) groups is 4. The quantitative estimate of drug-likeness (QED) is 0.346. The topological polar surface area (TPSA) is 145 Å². The van der Waals surface area contributed by atoms with Crippen LogP contribution in [0.4, 0.5) is 0 Å². The van der Waals surface area contributed by atoms with Crippen molar-refractivity contribution in [3.8, 4) is 5.75 Å². The highest BCUT2D eigenvalue weighted by Gasteiger charge is 2.33. The van der Waals surface area contributed by atoms with Crippen LogP contribution in [0.15, 0.2) is 18.2 Å². The maximum absolute atomic E-state index is 13.0. The molecule has 1 fully saturated rings. The van der Waals surface area contributed by atoms with Crippen molar-refractivity contribution < 1.29 is 34.1 Å². The normalized spacial score (nSPS) is 16.5. The summed E-state index contributed by atoms with van der Waals surface area (Å²) in [6, 6.07) is 2.72. The van der Waals surface area contributed by atoms with Gasteiger partial charge in [0.05, 0.1) is 26.1 Å². The monoisotopic (exact) mass is 477 g/mol. The Labute approximate surface area is 199 Å². The van der Waals surface area contributed by atoms with Gasteiger partial charge in [-0.25, -0.2) is 0 Å². The number of ketones is 1. The molecule has 2 amide bonds. The van der Waals surface area contributed by atoms with E-state index in [1.807, 2.05) is 4.90 Å². The summed E-state index contributed by atoms with van der Waals surface area (Å²) in [6.45, 7) is 6.77. The number of nitrogens with one attached hydrogen (secondary N) is 2. The van der Waals surface area contributed by atoms with Crippen molar-refractivity contribution >= 4 is 23.6 Å². The first-order valence-corrected chi connectivity index (χ1v) is 11.4. The Balaban J connectivity index is 2.13. The van der Waals surface area contributed by atoms with Gasteiger partial charge in [0.2, 0.25) is 5.91 Å². The first-order valence-electron chi connectivity index (χ1n) is 11.4. The number of hydrogen-bond donors (Lipinski definition) is 4. The van der Waals surface area contributed by atoms with E-state index in [9.17, 15) is 29.4 Å². The number of Topliss-reactive ketones (excluding diaryl/α,β-unsaturated/α-hetero) is 1. The van der Waals surface area contributed by atoms with Crippen molar-refractivity contribution in [3.05, 3.63) is 29.3 Å². The van der Waals surface area contributed by atoms with E-state index >= 15 is 0 Å². The molecule has 0 bridgehead atoms. The molecule has 0 spiro atoms. The highest BCUT2D eigenvalue weighted by Crippen LogP contribution is 2.26. The van der Waals surface area contributed by atoms with Crippen LogP contribution in [-0.4, -0.2) is 77.5 Å². The van der Waals surface area contributed by atoms with Crippen LogP contribution < -0.4 is 15.4 Å². The molecule has 1 saturated heterocycles. The molecule has 0 aliphatic carbocycles. The molecule has 34 heavy (non-hydrogen) atoms. The van der Waals surface area contributed by atoms with Crippen LogP contribution >= 0.6 is 0 Å². The van der Waals surface area contributed by atoms with E-state index in [0.29, 0.717) is 5.75 Å². The Morgan fingerprint density at radius 1 is 1.09 bits per heavy atom. The largest absolute Gasteiger partial charge is 0.496 e. The van der Waals surface area contributed by atoms with Gasteiger partial charge in [0.15, 0.2) is 11.9 Å². The number of aliphatic carboxylic acids is 1. The van der Waals surface area contributed by atoms with Gasteiger partial charge in [0.25, 0.3) is 5.91 Å². The molecular weight excluding hydrogens is 442 g/mol. The molecule has 10 nitrogen and oxygen atoms in total. The molecule has 3 atom stereocenters. The van der Waals surface area contributed by atoms with E-state index in [1.54, 1.807) is 39.0 Å². The second kappa shape index (κ2) is 12.5. The van der Waals surface area contributed by atoms with Gasteiger partial charge in [-0.2, -0.15) is 0 Å². The molecular formula is C24H35N3O7. The zero-order valence-electron chi connectivity index (χ0n) is 20.2. The molecule has 4 N–H and O–H groups in total. The molecule has 0 saturated carbocycles. The molecule has 1 aromatic rings. The van der Waals surface area contributed by atoms with Gasteiger partial charge in [-0.05, 0) is 50.9 Å². The van der Waals surface area contributed by atoms with Crippen molar-refractivity contribution in [1.29, 1.82) is 0 Å². The highest BCUT2D eigenvalue weighted by molar-refractivity contribution is 5.96. The lowest BCUT2D eigenvalue weighted by Gasteiger charge is -2.26. The van der Waals surface area contributed by atoms with Crippen LogP contribution in [0.5, 0.6) is 5.75 Å². The first kappa shape index (κ1) is 27.3. The fourth-order valence-electron chi connectivity index (χ4n) is 3.93. The minimum absolute atomic E-state index is 0.0583. The summed E-state index contributed by atoms with van der Waals surface area (Å²) in [5, 5.41) is 24.9. The smallest absolute Gasteiger partial charge is 0.305 e. The average molecular weight is 478 g/mol. The molecule has 0 radical (unpaired) electrons. The first-order chi connectivity index (χ1) is 16.0. The van der Waals surface area contributed by atoms with Gasteiger partial charge < -0.3 is 25.6 Å². The summed E-state index contributed by atoms with van der Waals surface area (Å²) in [4.78, 5) is 51.8. The van der Waals surface area contributed by atoms with Crippen molar-refractivity contribution in [3.63, 3.8) is 0 Å². The molecule has 2 rings (SSSR count). The molecule has 1 heterocycles. The molecule has 1 aromatic carbocycles. The number of nitrogens with zero attached hydrogens (tertiary/aromatic N) is 1. The number of ether oxygens (including phenoxy) is 1. The molecule has 0 aromatic heterocycles. The van der Waals surface area contributed by atoms with Crippen LogP contribution in [0.3, 0.4) is 0 Å². The van der Waals surface area contributed by atoms with Gasteiger partial charge in [-0.15, -0.1) is 0 Å². The number of likely N-dealkylation sites (tertiary alicyclic amines) is 1. The van der Waals surface area contributed by atoms with Crippen LogP contribution in [0, 0.1) is 12.8 Å². The molecule has 188 valence electrons. The van der Waals surface area contributed by atoms with Crippen molar-refractivity contribution in [2.75, 3.05) is 26.7 Å². The van der Waals surface area contributed by atoms with Crippen LogP contribution in [0.25, 0.3) is 0 Å². The summed E-state index contributed by atoms with van der Waals surface area (Å²) < 4.78 is 5.23. The number of aryl methyl sites for hydroxylation is 1. The van der Waals surface area contributed by atoms with Crippen molar-refractivity contribution in [2.24, 2.45) is 5.92 Å². The summed E-state index contributed by atoms with van der Waals surface area (Å²) in [5.74, 6) is -3.17. The van der Waals surface area contributed by atoms with Gasteiger partial charge in [-0.3, -0.25) is 24.1 Å². The zero-order chi connectivity index (χ0) is 25.4. The number of aliphatic hydroxyl groups excluding tert-OH is 1. The number of carboxylic acids is 1. The number of carbonyl (C=O) groups excluding carboxylic acids is 3. The second-order valence-corrected chi connectivity index (χ2v) is 8.99. The maximum Gasteiger partial charge on any atom is 0.305 e. The maximum atomic E-state index is 13.0. The minimum atomic E-state index is -1.59. The lowest BCUT2D eigenvalue weighted by Crippen LogP contribution is -2.55. The van der Waals surface area contributed by atoms with E-state index < -0.39 is 54.1 Å². The SMILES string of the molecule is COc1ccc(C)cc1C(O)C(=O)NC(C(=O)NC(CC(=O)O)C(=O)CN1CCCC1)C(C)C. The molecule has 1 aliphatic heterocycles. The predicted octanol–water partition coefficient (Wildman–Crippen LogP) is 0.802. The Kier molecular flexibility index (Phi) is 10.0. The third kappa shape index (κ3) is 7.53. The van der Waals surface area contributed by atoms with Crippen molar-refractivity contribution in [2.45, 2.75) is 58.2 Å². The molecule has 3 unspecified atom stereocenters. The lowest BCUT2D eigenvalue weighted by molar-refractivity contribution is -0.141. The number of carboxylic acid groups (broad SMARTS) is 1. The fraction of sp³-hybridized carbons (Fsp3) is 0.583. The standard InChI is InChI=1S/C24H35N3O7/c1-14(2)21(26-24(33)22(31)16-11-15(3)7-8-19(16)34-4)23(32)25-17(12-20(29)30)18(28)13-27-9-5-6-10-27/h7-8,11,14,17,21-22,31H,5-6,9-10,12-13H2,1-4H3,(H,25,32)(H,26,33)(H,29,30). The van der Waals surface area contributed by atoms with Gasteiger partial charge in [-0.1, -0.05) is 25.5 Å². The molecule has 10 heteroatoms. The van der Waals surface area contributed by atoms with Crippen LogP contribution in [0.2, 0.25) is 0 Å². The number of rotatable bonds is 12. The lowest BCUT2D eigenvalue weighted by atomic mass is 10.00. The van der Waals surface area contributed by atoms with Crippen LogP contribution in [-0.2, 0) is 19.2 Å². The third-order valence-electron chi connectivity index (χ3n) is 5.84. The summed E-state index contributed by atoms with van der Waals surface area (Å²) >= 11 is 0. The number of hydrogen-bond acceptors (Lipinski definition) is 7. The Morgan fingerprint density at radius 3 is 2.29 bits per heavy atom. The van der Waals surface area contributed by atoms with Gasteiger partial charge in [0.1, 0.15) is 11.8 Å². The predicted molar refractivity (Wildman–Crippen MR) is 124 cm³/mol. The summed E-state index contributed by atoms with van der Waals surface area (Å²) in [7, 11) is 1.42. The van der Waals surface area contributed by atoms with Gasteiger partial charge >= 0.3 is 5.97 Å². The summed E-state index contributed by atoms with van der Waals surface area (Å²) in [5.41, 5.74) is 1.07. The fourth-order valence-corrected chi connectivity index (χ4v) is 3.93. The van der Waals surface area contributed by atoms with Crippen LogP contribution in [0.1, 0.15) is 50.3 Å². The van der Waals surface area contributed by atoms with E-state index in [0.717, 1.165) is 31.5 Å². The van der Waals surface area contributed by atoms with Crippen molar-refractivity contribution in [1.82, 2.24) is 15.5 Å². The number of methoxy groups -OCH3 is 1. The highest BCUT2D eigenvalue weighted by atomic mass is 16.5. The minimum Gasteiger partial charge on any atom is -0.496 e. The van der Waals surface area contributed by atoms with E-state index in [1.165, 1.54) is 7.11 Å². The molecule has 1 aliphatic rings. The average Bonchev–Trinajstić information content (AvgIpc) is 3.28. The Bertz CT molecular complexity index is 897. The third-order valence-corrected chi connectivity index (χ3v) is 5.84. The Hall–Kier alpha value is -2.98. The van der Waals surface area contributed by atoms with E-state index in [-0.39, 0.29) is 12.1 Å². The number of amides is 2. The zero-order valence-corrected chi connectivity index (χ0v) is 20.2. The van der Waals surface area contributed by atoms with E-state index in [4.69, 9.17) is 4.74 Å². The van der Waals surface area contributed by atoms with Gasteiger partial charge in [0, 0.05) is 5.56 Å². The number of benzene rings is 1. The Morgan fingerprint density at radius 2 is 1.74 bits per heavy atom. The number of aliphatic hydroxyl groups is 1. The summed E-state index contributed by atoms with van der Waals surface area (Å²) in [6.07, 6.45) is -0.201.